The van der Waals surface area contributed by atoms with Gasteiger partial charge in [-0.05, 0) is 88.0 Å². The van der Waals surface area contributed by atoms with E-state index in [4.69, 9.17) is 4.74 Å². The van der Waals surface area contributed by atoms with Crippen LogP contribution in [0.3, 0.4) is 0 Å². The van der Waals surface area contributed by atoms with Crippen molar-refractivity contribution >= 4 is 33.6 Å². The third kappa shape index (κ3) is 6.15. The number of para-hydroxylation sites is 1. The number of nitrogens with one attached hydrogen (secondary N) is 1. The number of carbonyl (C=O) groups excluding carboxylic acids is 2. The molecule has 2 aromatic rings. The van der Waals surface area contributed by atoms with Crippen molar-refractivity contribution in [2.24, 2.45) is 5.92 Å². The molecule has 0 aromatic heterocycles. The summed E-state index contributed by atoms with van der Waals surface area (Å²) in [5.74, 6) is 1.39. The first-order valence-electron chi connectivity index (χ1n) is 11.7. The number of anilines is 1. The highest BCUT2D eigenvalue weighted by Gasteiger charge is 2.34. The monoisotopic (exact) mass is 513 g/mol. The molecule has 176 valence electrons. The summed E-state index contributed by atoms with van der Waals surface area (Å²) in [4.78, 5) is 28.9. The molecule has 3 amide bonds. The molecule has 2 saturated heterocycles. The van der Waals surface area contributed by atoms with Crippen LogP contribution in [-0.4, -0.2) is 48.6 Å². The Balaban J connectivity index is 1.27. The van der Waals surface area contributed by atoms with Gasteiger partial charge in [0.2, 0.25) is 5.91 Å². The maximum Gasteiger partial charge on any atom is 0.329 e. The number of benzene rings is 2. The second-order valence-electron chi connectivity index (χ2n) is 9.28. The number of nitrogens with zero attached hydrogens (tertiary/aromatic N) is 2. The Morgan fingerprint density at radius 1 is 1.09 bits per heavy atom. The van der Waals surface area contributed by atoms with Gasteiger partial charge in [-0.3, -0.25) is 4.79 Å². The van der Waals surface area contributed by atoms with Crippen LogP contribution in [0.2, 0.25) is 0 Å². The Bertz CT molecular complexity index is 956. The largest absolute Gasteiger partial charge is 0.491 e. The Labute approximate surface area is 204 Å². The molecule has 0 saturated carbocycles. The average Bonchev–Trinajstić information content (AvgIpc) is 2.77. The molecule has 2 fully saturated rings. The molecule has 0 bridgehead atoms. The smallest absolute Gasteiger partial charge is 0.329 e. The van der Waals surface area contributed by atoms with Crippen molar-refractivity contribution in [3.8, 4) is 5.75 Å². The van der Waals surface area contributed by atoms with Crippen LogP contribution in [0.1, 0.15) is 38.7 Å². The van der Waals surface area contributed by atoms with Crippen molar-refractivity contribution < 1.29 is 14.3 Å². The van der Waals surface area contributed by atoms with E-state index in [1.54, 1.807) is 12.1 Å². The highest BCUT2D eigenvalue weighted by molar-refractivity contribution is 9.10. The van der Waals surface area contributed by atoms with Crippen LogP contribution >= 0.6 is 15.9 Å². The maximum absolute atomic E-state index is 12.7. The Hall–Kier alpha value is -2.38. The van der Waals surface area contributed by atoms with E-state index in [9.17, 15) is 9.59 Å². The van der Waals surface area contributed by atoms with Gasteiger partial charge in [-0.1, -0.05) is 34.1 Å². The third-order valence-corrected chi connectivity index (χ3v) is 7.07. The minimum atomic E-state index is -0.328. The number of hydrogen-bond acceptors (Lipinski definition) is 4. The second kappa shape index (κ2) is 10.7. The lowest BCUT2D eigenvalue weighted by Crippen LogP contribution is -2.58. The zero-order chi connectivity index (χ0) is 23.4. The van der Waals surface area contributed by atoms with E-state index in [1.165, 1.54) is 10.5 Å². The summed E-state index contributed by atoms with van der Waals surface area (Å²) in [6.45, 7) is 6.76. The summed E-state index contributed by atoms with van der Waals surface area (Å²) >= 11 is 3.69. The van der Waals surface area contributed by atoms with Gasteiger partial charge in [0.15, 0.2) is 0 Å². The molecule has 2 heterocycles. The minimum absolute atomic E-state index is 0.138. The number of amides is 3. The molecule has 33 heavy (non-hydrogen) atoms. The SMILES string of the molecule is CC(C)Oc1ccc(Br)c(CC2CCN(CC3CC(=O)N(c4ccccc4)C(=O)N3)CC2)c1. The van der Waals surface area contributed by atoms with Crippen LogP contribution in [0.5, 0.6) is 5.75 Å². The van der Waals surface area contributed by atoms with Gasteiger partial charge >= 0.3 is 6.03 Å². The van der Waals surface area contributed by atoms with Crippen LogP contribution in [0.15, 0.2) is 53.0 Å². The second-order valence-corrected chi connectivity index (χ2v) is 10.1. The summed E-state index contributed by atoms with van der Waals surface area (Å²) < 4.78 is 6.99. The van der Waals surface area contributed by atoms with E-state index in [-0.39, 0.29) is 24.1 Å². The van der Waals surface area contributed by atoms with Crippen molar-refractivity contribution in [1.82, 2.24) is 10.2 Å². The lowest BCUT2D eigenvalue weighted by molar-refractivity contribution is -0.119. The Morgan fingerprint density at radius 3 is 2.48 bits per heavy atom. The van der Waals surface area contributed by atoms with Crippen LogP contribution in [0.4, 0.5) is 10.5 Å². The Kier molecular flexibility index (Phi) is 7.71. The number of rotatable bonds is 7. The number of hydrogen-bond donors (Lipinski definition) is 1. The number of halogens is 1. The number of piperidine rings is 1. The Morgan fingerprint density at radius 2 is 1.82 bits per heavy atom. The van der Waals surface area contributed by atoms with Gasteiger partial charge in [-0.15, -0.1) is 0 Å². The molecule has 2 aliphatic rings. The molecule has 0 radical (unpaired) electrons. The molecule has 7 heteroatoms. The molecule has 0 aliphatic carbocycles. The molecule has 6 nitrogen and oxygen atoms in total. The van der Waals surface area contributed by atoms with E-state index >= 15 is 0 Å². The van der Waals surface area contributed by atoms with Gasteiger partial charge in [-0.25, -0.2) is 9.69 Å². The average molecular weight is 514 g/mol. The van der Waals surface area contributed by atoms with Crippen molar-refractivity contribution in [3.63, 3.8) is 0 Å². The predicted molar refractivity (Wildman–Crippen MR) is 134 cm³/mol. The summed E-state index contributed by atoms with van der Waals surface area (Å²) in [5.41, 5.74) is 1.91. The lowest BCUT2D eigenvalue weighted by Gasteiger charge is -2.37. The van der Waals surface area contributed by atoms with Gasteiger partial charge in [0.1, 0.15) is 5.75 Å². The van der Waals surface area contributed by atoms with E-state index in [2.05, 4.69) is 38.3 Å². The van der Waals surface area contributed by atoms with Gasteiger partial charge in [0.05, 0.1) is 17.8 Å². The van der Waals surface area contributed by atoms with Crippen molar-refractivity contribution in [3.05, 3.63) is 58.6 Å². The predicted octanol–water partition coefficient (Wildman–Crippen LogP) is 5.01. The molecular weight excluding hydrogens is 482 g/mol. The topological polar surface area (TPSA) is 61.9 Å². The first kappa shape index (κ1) is 23.8. The van der Waals surface area contributed by atoms with E-state index in [1.807, 2.05) is 38.1 Å². The summed E-state index contributed by atoms with van der Waals surface area (Å²) in [7, 11) is 0. The fourth-order valence-electron chi connectivity index (χ4n) is 4.70. The van der Waals surface area contributed by atoms with Crippen LogP contribution in [0.25, 0.3) is 0 Å². The minimum Gasteiger partial charge on any atom is -0.491 e. The zero-order valence-electron chi connectivity index (χ0n) is 19.3. The quantitative estimate of drug-likeness (QED) is 0.565. The van der Waals surface area contributed by atoms with E-state index in [0.717, 1.165) is 42.6 Å². The van der Waals surface area contributed by atoms with Gasteiger partial charge in [0.25, 0.3) is 0 Å². The maximum atomic E-state index is 12.7. The highest BCUT2D eigenvalue weighted by atomic mass is 79.9. The fourth-order valence-corrected chi connectivity index (χ4v) is 5.11. The lowest BCUT2D eigenvalue weighted by atomic mass is 9.90. The fraction of sp³-hybridized carbons (Fsp3) is 0.462. The van der Waals surface area contributed by atoms with Crippen LogP contribution < -0.4 is 15.0 Å². The van der Waals surface area contributed by atoms with Gasteiger partial charge in [0, 0.05) is 17.4 Å². The number of urea groups is 1. The summed E-state index contributed by atoms with van der Waals surface area (Å²) in [6.07, 6.45) is 3.72. The molecule has 2 aliphatic heterocycles. The van der Waals surface area contributed by atoms with Crippen molar-refractivity contribution in [2.75, 3.05) is 24.5 Å². The van der Waals surface area contributed by atoms with E-state index < -0.39 is 0 Å². The number of ether oxygens (including phenoxy) is 1. The zero-order valence-corrected chi connectivity index (χ0v) is 20.9. The van der Waals surface area contributed by atoms with Crippen LogP contribution in [-0.2, 0) is 11.2 Å². The van der Waals surface area contributed by atoms with Crippen molar-refractivity contribution in [1.29, 1.82) is 0 Å². The molecule has 0 spiro atoms. The van der Waals surface area contributed by atoms with E-state index in [0.29, 0.717) is 24.6 Å². The summed E-state index contributed by atoms with van der Waals surface area (Å²) in [6, 6.07) is 14.9. The third-order valence-electron chi connectivity index (χ3n) is 6.30. The number of imide groups is 1. The molecule has 1 N–H and O–H groups in total. The van der Waals surface area contributed by atoms with Crippen LogP contribution in [0, 0.1) is 5.92 Å². The molecule has 1 unspecified atom stereocenters. The first-order valence-corrected chi connectivity index (χ1v) is 12.5. The molecular formula is C26H32BrN3O3. The van der Waals surface area contributed by atoms with Gasteiger partial charge < -0.3 is 15.0 Å². The molecule has 4 rings (SSSR count). The highest BCUT2D eigenvalue weighted by Crippen LogP contribution is 2.29. The number of likely N-dealkylation sites (tertiary alicyclic amines) is 1. The molecule has 2 aromatic carbocycles. The molecule has 1 atom stereocenters. The van der Waals surface area contributed by atoms with Gasteiger partial charge in [-0.2, -0.15) is 0 Å². The standard InChI is InChI=1S/C26H32BrN3O3/c1-18(2)33-23-8-9-24(27)20(15-23)14-19-10-12-29(13-11-19)17-21-16-25(31)30(26(32)28-21)22-6-4-3-5-7-22/h3-9,15,18-19,21H,10-14,16-17H2,1-2H3,(H,28,32). The first-order chi connectivity index (χ1) is 15.9. The normalized spacial score (nSPS) is 20.2. The van der Waals surface area contributed by atoms with Crippen molar-refractivity contribution in [2.45, 2.75) is 51.7 Å². The number of carbonyl (C=O) groups is 2. The summed E-state index contributed by atoms with van der Waals surface area (Å²) in [5, 5.41) is 3.03.